The van der Waals surface area contributed by atoms with Crippen molar-refractivity contribution in [2.45, 2.75) is 56.9 Å². The smallest absolute Gasteiger partial charge is 0.240 e. The van der Waals surface area contributed by atoms with Crippen molar-refractivity contribution in [3.63, 3.8) is 0 Å². The minimum absolute atomic E-state index is 0.0858. The second-order valence-corrected chi connectivity index (χ2v) is 8.25. The van der Waals surface area contributed by atoms with E-state index in [-0.39, 0.29) is 29.8 Å². The summed E-state index contributed by atoms with van der Waals surface area (Å²) in [5.41, 5.74) is 0. The highest BCUT2D eigenvalue weighted by atomic mass is 32.2. The molecular weight excluding hydrogens is 340 g/mol. The molecule has 2 N–H and O–H groups in total. The van der Waals surface area contributed by atoms with Gasteiger partial charge >= 0.3 is 0 Å². The average molecular weight is 368 g/mol. The van der Waals surface area contributed by atoms with Gasteiger partial charge in [0.15, 0.2) is 0 Å². The van der Waals surface area contributed by atoms with Crippen LogP contribution in [0, 0.1) is 5.92 Å². The van der Waals surface area contributed by atoms with Gasteiger partial charge in [-0.25, -0.2) is 13.1 Å². The molecule has 1 amide bonds. The Kier molecular flexibility index (Phi) is 7.25. The van der Waals surface area contributed by atoms with E-state index >= 15 is 0 Å². The van der Waals surface area contributed by atoms with Crippen LogP contribution >= 0.6 is 0 Å². The SMILES string of the molecule is CCOc1ccc(S(=O)(=O)NCCC(=O)N[C@H]2CCCC[C@H]2C)cc1. The molecule has 7 heteroatoms. The summed E-state index contributed by atoms with van der Waals surface area (Å²) in [6, 6.07) is 6.45. The first kappa shape index (κ1) is 19.7. The quantitative estimate of drug-likeness (QED) is 0.738. The maximum Gasteiger partial charge on any atom is 0.240 e. The molecule has 0 heterocycles. The monoisotopic (exact) mass is 368 g/mol. The lowest BCUT2D eigenvalue weighted by atomic mass is 9.86. The minimum atomic E-state index is -3.62. The Labute approximate surface area is 150 Å². The topological polar surface area (TPSA) is 84.5 Å². The molecule has 1 aromatic rings. The first-order chi connectivity index (χ1) is 11.9. The van der Waals surface area contributed by atoms with Gasteiger partial charge in [-0.05, 0) is 49.9 Å². The van der Waals surface area contributed by atoms with Gasteiger partial charge < -0.3 is 10.1 Å². The van der Waals surface area contributed by atoms with Crippen LogP contribution in [0.1, 0.15) is 46.0 Å². The Hall–Kier alpha value is -1.60. The number of carbonyl (C=O) groups excluding carboxylic acids is 1. The zero-order valence-electron chi connectivity index (χ0n) is 15.0. The largest absolute Gasteiger partial charge is 0.494 e. The molecule has 1 aliphatic carbocycles. The molecule has 25 heavy (non-hydrogen) atoms. The third-order valence-electron chi connectivity index (χ3n) is 4.55. The number of carbonyl (C=O) groups is 1. The summed E-state index contributed by atoms with van der Waals surface area (Å²) in [4.78, 5) is 12.2. The summed E-state index contributed by atoms with van der Waals surface area (Å²) in [6.07, 6.45) is 4.63. The van der Waals surface area contributed by atoms with E-state index in [1.165, 1.54) is 18.6 Å². The van der Waals surface area contributed by atoms with Crippen molar-refractivity contribution in [1.82, 2.24) is 10.0 Å². The highest BCUT2D eigenvalue weighted by Gasteiger charge is 2.22. The maximum atomic E-state index is 12.2. The van der Waals surface area contributed by atoms with Gasteiger partial charge in [-0.3, -0.25) is 4.79 Å². The summed E-state index contributed by atoms with van der Waals surface area (Å²) in [6.45, 7) is 4.63. The van der Waals surface area contributed by atoms with Crippen LogP contribution in [-0.4, -0.2) is 33.5 Å². The fraction of sp³-hybridized carbons (Fsp3) is 0.611. The molecule has 1 saturated carbocycles. The normalized spacial score (nSPS) is 20.9. The summed E-state index contributed by atoms with van der Waals surface area (Å²) < 4.78 is 32.3. The number of amides is 1. The third kappa shape index (κ3) is 6.01. The van der Waals surface area contributed by atoms with E-state index in [4.69, 9.17) is 4.74 Å². The second-order valence-electron chi connectivity index (χ2n) is 6.49. The second kappa shape index (κ2) is 9.20. The number of hydrogen-bond acceptors (Lipinski definition) is 4. The van der Waals surface area contributed by atoms with Crippen LogP contribution in [0.2, 0.25) is 0 Å². The van der Waals surface area contributed by atoms with Gasteiger partial charge in [0.2, 0.25) is 15.9 Å². The van der Waals surface area contributed by atoms with Crippen molar-refractivity contribution in [3.8, 4) is 5.75 Å². The standard InChI is InChI=1S/C18H28N2O4S/c1-3-24-15-8-10-16(11-9-15)25(22,23)19-13-12-18(21)20-17-7-5-4-6-14(17)2/h8-11,14,17,19H,3-7,12-13H2,1-2H3,(H,20,21)/t14-,17+/m1/s1. The fourth-order valence-corrected chi connectivity index (χ4v) is 4.11. The van der Waals surface area contributed by atoms with Gasteiger partial charge in [0.1, 0.15) is 5.75 Å². The average Bonchev–Trinajstić information content (AvgIpc) is 2.58. The van der Waals surface area contributed by atoms with Crippen molar-refractivity contribution < 1.29 is 17.9 Å². The van der Waals surface area contributed by atoms with E-state index in [1.807, 2.05) is 6.92 Å². The molecule has 6 nitrogen and oxygen atoms in total. The van der Waals surface area contributed by atoms with Crippen molar-refractivity contribution in [2.75, 3.05) is 13.2 Å². The molecule has 1 aliphatic rings. The molecule has 0 aliphatic heterocycles. The molecule has 0 bridgehead atoms. The number of rotatable bonds is 8. The van der Waals surface area contributed by atoms with Crippen LogP contribution < -0.4 is 14.8 Å². The number of benzene rings is 1. The Morgan fingerprint density at radius 2 is 1.88 bits per heavy atom. The van der Waals surface area contributed by atoms with Crippen LogP contribution in [0.3, 0.4) is 0 Å². The number of ether oxygens (including phenoxy) is 1. The minimum Gasteiger partial charge on any atom is -0.494 e. The van der Waals surface area contributed by atoms with E-state index in [0.29, 0.717) is 18.3 Å². The Morgan fingerprint density at radius 3 is 2.52 bits per heavy atom. The summed E-state index contributed by atoms with van der Waals surface area (Å²) in [7, 11) is -3.62. The zero-order chi connectivity index (χ0) is 18.3. The zero-order valence-corrected chi connectivity index (χ0v) is 15.8. The summed E-state index contributed by atoms with van der Waals surface area (Å²) in [5, 5.41) is 3.03. The van der Waals surface area contributed by atoms with Crippen molar-refractivity contribution in [2.24, 2.45) is 5.92 Å². The fourth-order valence-electron chi connectivity index (χ4n) is 3.07. The van der Waals surface area contributed by atoms with Crippen molar-refractivity contribution in [3.05, 3.63) is 24.3 Å². The van der Waals surface area contributed by atoms with E-state index in [1.54, 1.807) is 12.1 Å². The molecule has 2 rings (SSSR count). The molecule has 1 aromatic carbocycles. The van der Waals surface area contributed by atoms with Crippen LogP contribution in [0.5, 0.6) is 5.75 Å². The van der Waals surface area contributed by atoms with E-state index in [2.05, 4.69) is 17.0 Å². The van der Waals surface area contributed by atoms with Gasteiger partial charge in [-0.15, -0.1) is 0 Å². The highest BCUT2D eigenvalue weighted by Crippen LogP contribution is 2.23. The maximum absolute atomic E-state index is 12.2. The molecule has 2 atom stereocenters. The molecule has 0 saturated heterocycles. The lowest BCUT2D eigenvalue weighted by molar-refractivity contribution is -0.122. The third-order valence-corrected chi connectivity index (χ3v) is 6.02. The van der Waals surface area contributed by atoms with Crippen LogP contribution in [0.4, 0.5) is 0 Å². The molecule has 0 aromatic heterocycles. The summed E-state index contributed by atoms with van der Waals surface area (Å²) in [5.74, 6) is 1.01. The van der Waals surface area contributed by atoms with Gasteiger partial charge in [0.05, 0.1) is 11.5 Å². The highest BCUT2D eigenvalue weighted by molar-refractivity contribution is 7.89. The Morgan fingerprint density at radius 1 is 1.20 bits per heavy atom. The number of sulfonamides is 1. The molecule has 0 spiro atoms. The van der Waals surface area contributed by atoms with E-state index in [9.17, 15) is 13.2 Å². The van der Waals surface area contributed by atoms with Gasteiger partial charge in [0.25, 0.3) is 0 Å². The molecule has 140 valence electrons. The molecule has 0 radical (unpaired) electrons. The summed E-state index contributed by atoms with van der Waals surface area (Å²) >= 11 is 0. The van der Waals surface area contributed by atoms with Gasteiger partial charge in [0, 0.05) is 19.0 Å². The van der Waals surface area contributed by atoms with Crippen molar-refractivity contribution >= 4 is 15.9 Å². The van der Waals surface area contributed by atoms with E-state index in [0.717, 1.165) is 19.3 Å². The Bertz CT molecular complexity index is 658. The van der Waals surface area contributed by atoms with Crippen LogP contribution in [0.25, 0.3) is 0 Å². The number of nitrogens with one attached hydrogen (secondary N) is 2. The number of hydrogen-bond donors (Lipinski definition) is 2. The first-order valence-corrected chi connectivity index (χ1v) is 10.4. The van der Waals surface area contributed by atoms with E-state index < -0.39 is 10.0 Å². The lowest BCUT2D eigenvalue weighted by Gasteiger charge is -2.29. The van der Waals surface area contributed by atoms with Crippen LogP contribution in [0.15, 0.2) is 29.2 Å². The van der Waals surface area contributed by atoms with Crippen molar-refractivity contribution in [1.29, 1.82) is 0 Å². The van der Waals surface area contributed by atoms with Gasteiger partial charge in [-0.1, -0.05) is 19.8 Å². The predicted molar refractivity (Wildman–Crippen MR) is 97.0 cm³/mol. The first-order valence-electron chi connectivity index (χ1n) is 8.94. The molecule has 0 unspecified atom stereocenters. The predicted octanol–water partition coefficient (Wildman–Crippen LogP) is 2.45. The van der Waals surface area contributed by atoms with Crippen LogP contribution in [-0.2, 0) is 14.8 Å². The molecule has 1 fully saturated rings. The Balaban J connectivity index is 1.80. The molecular formula is C18H28N2O4S. The van der Waals surface area contributed by atoms with Gasteiger partial charge in [-0.2, -0.15) is 0 Å². The lowest BCUT2D eigenvalue weighted by Crippen LogP contribution is -2.42.